The number of ether oxygens (including phenoxy) is 12. The summed E-state index contributed by atoms with van der Waals surface area (Å²) in [7, 11) is 9.85. The maximum Gasteiger partial charge on any atom is 0.310 e. The summed E-state index contributed by atoms with van der Waals surface area (Å²) < 4.78 is 73.1. The summed E-state index contributed by atoms with van der Waals surface area (Å²) in [5, 5.41) is 60.7. The molecule has 0 spiro atoms. The monoisotopic (exact) mass is 1430 g/mol. The van der Waals surface area contributed by atoms with Crippen LogP contribution in [0.4, 0.5) is 0 Å². The first kappa shape index (κ1) is 71.9. The van der Waals surface area contributed by atoms with E-state index in [1.165, 1.54) is 62.2 Å². The number of carbonyl (C=O) groups excluding carboxylic acids is 3. The molecule has 1 aromatic carbocycles. The van der Waals surface area contributed by atoms with Crippen molar-refractivity contribution >= 4 is 72.8 Å². The van der Waals surface area contributed by atoms with Crippen molar-refractivity contribution in [3.8, 4) is 40.9 Å². The molecule has 24 nitrogen and oxygen atoms in total. The van der Waals surface area contributed by atoms with Gasteiger partial charge in [0.15, 0.2) is 41.8 Å². The second kappa shape index (κ2) is 32.5. The molecule has 0 unspecified atom stereocenters. The Kier molecular flexibility index (Phi) is 25.9. The summed E-state index contributed by atoms with van der Waals surface area (Å²) in [6.45, 7) is 13.4. The fourth-order valence-electron chi connectivity index (χ4n) is 11.5. The molecule has 19 atom stereocenters. The SMILES string of the molecule is CCN[C@H]1CO[C@@H](O[C@H]2[C@H](O[C@H]3C#C/C=C\C#C[C@]4(O)CC(=O)C(CC(=O)OC)=C3/C4=C\CSSc3c(C)cncc3C)O[C@H](C)[C@@H](NO[C@H]3C[C@H](O)[C@H](SC(=O)c4c(C)c(I)c(O[C@@H]5O[C@@H](C)[C@H](O)[C@@H](OC)[C@H]5O)c(OC)c4OC)[C@@H](C)O3)[C@H]2O)C[C@@H]1OC. The number of rotatable bonds is 23. The van der Waals surface area contributed by atoms with Crippen LogP contribution >= 0.6 is 55.9 Å². The number of ketones is 1. The molecule has 4 saturated heterocycles. The van der Waals surface area contributed by atoms with Crippen molar-refractivity contribution in [2.45, 2.75) is 194 Å². The predicted molar refractivity (Wildman–Crippen MR) is 339 cm³/mol. The number of allylic oxidation sites excluding steroid dienone is 2. The number of carbonyl (C=O) groups is 3. The first-order chi connectivity index (χ1) is 43.0. The van der Waals surface area contributed by atoms with Crippen molar-refractivity contribution < 1.29 is 102 Å². The first-order valence-corrected chi connectivity index (χ1v) is 33.6. The Morgan fingerprint density at radius 2 is 1.57 bits per heavy atom. The highest BCUT2D eigenvalue weighted by Crippen LogP contribution is 2.49. The number of likely N-dealkylation sites (N-methyl/N-ethyl adjacent to an activating group) is 1. The molecule has 0 amide bonds. The van der Waals surface area contributed by atoms with Crippen LogP contribution in [-0.2, 0) is 57.1 Å². The zero-order valence-electron chi connectivity index (χ0n) is 52.0. The number of Topliss-reactive ketones (excluding diaryl/α,β-unsaturated/α-hetero) is 1. The number of nitrogens with one attached hydrogen (secondary N) is 2. The van der Waals surface area contributed by atoms with Gasteiger partial charge in [-0.25, -0.2) is 0 Å². The Bertz CT molecular complexity index is 3100. The molecule has 4 fully saturated rings. The zero-order valence-corrected chi connectivity index (χ0v) is 56.7. The van der Waals surface area contributed by atoms with Gasteiger partial charge in [-0.1, -0.05) is 70.0 Å². The topological polar surface area (TPSA) is 309 Å². The molecule has 0 saturated carbocycles. The number of aliphatic hydroxyl groups is 5. The lowest BCUT2D eigenvalue weighted by atomic mass is 9.72. The number of nitrogens with zero attached hydrogens (tertiary/aromatic N) is 1. The Labute approximate surface area is 549 Å². The normalized spacial score (nSPS) is 34.3. The standard InChI is InChI=1S/C62H80IN3O21S3/c1-13-65-37-28-80-43(24-41(37)75-8)85-55-50(71)48(66-87-44-23-38(67)58(34(7)81-44)89-59(73)45-31(4)47(63)53(56(79-12)52(45)77-10)86-60-51(72)54(78-11)49(70)33(6)83-60)32(5)82-61(55)84-40-18-16-14-15-17-20-62(74)25-39(68)35(22-42(69)76-9)46(40)36(62)19-21-88-90-57-29(2)26-64-27-30(57)3/h14-15,19,26-27,32-34,37-38,40-41,43-44,48-51,54-55,58,60-61,65-67,70-72,74H,13,21-25,28H2,1-12H3/b15-14-,36-19+/t32-,33+,34-,37+,38+,40+,41+,43+,44+,48-,49+,50-,51-,54-,55-,58-,60+,61+,62+/m1/s1. The lowest BCUT2D eigenvalue weighted by Gasteiger charge is -2.46. The highest BCUT2D eigenvalue weighted by molar-refractivity contribution is 14.1. The number of aryl methyl sites for hydroxylation is 2. The van der Waals surface area contributed by atoms with Crippen LogP contribution in [0.15, 0.2) is 52.2 Å². The number of aliphatic hydroxyl groups excluding tert-OH is 4. The number of pyridine rings is 1. The molecule has 494 valence electrons. The van der Waals surface area contributed by atoms with Gasteiger partial charge >= 0.3 is 5.97 Å². The van der Waals surface area contributed by atoms with Gasteiger partial charge in [-0.15, -0.1) is 0 Å². The minimum Gasteiger partial charge on any atom is -0.492 e. The van der Waals surface area contributed by atoms with Crippen molar-refractivity contribution in [2.75, 3.05) is 54.5 Å². The van der Waals surface area contributed by atoms with Gasteiger partial charge in [0.1, 0.15) is 36.6 Å². The minimum atomic E-state index is -2.07. The molecule has 2 bridgehead atoms. The lowest BCUT2D eigenvalue weighted by molar-refractivity contribution is -0.336. The Morgan fingerprint density at radius 1 is 0.856 bits per heavy atom. The summed E-state index contributed by atoms with van der Waals surface area (Å²) in [6, 6.07) is -1.28. The largest absolute Gasteiger partial charge is 0.492 e. The van der Waals surface area contributed by atoms with E-state index in [9.17, 15) is 39.9 Å². The summed E-state index contributed by atoms with van der Waals surface area (Å²) in [5.41, 5.74) is 3.62. The van der Waals surface area contributed by atoms with E-state index in [-0.39, 0.29) is 76.9 Å². The average molecular weight is 1430 g/mol. The fraction of sp³-hybridized carbons (Fsp3) is 0.613. The molecule has 0 radical (unpaired) electrons. The number of halogens is 1. The molecule has 8 rings (SSSR count). The second-order valence-electron chi connectivity index (χ2n) is 22.3. The Hall–Kier alpha value is -3.94. The van der Waals surface area contributed by atoms with Crippen molar-refractivity contribution in [3.63, 3.8) is 0 Å². The van der Waals surface area contributed by atoms with Crippen LogP contribution in [0.2, 0.25) is 0 Å². The van der Waals surface area contributed by atoms with E-state index < -0.39 is 133 Å². The third-order valence-electron chi connectivity index (χ3n) is 16.3. The number of hydrogen-bond acceptors (Lipinski definition) is 27. The van der Waals surface area contributed by atoms with Crippen LogP contribution in [0.5, 0.6) is 17.2 Å². The number of thioether (sulfide) groups is 1. The van der Waals surface area contributed by atoms with Gasteiger partial charge in [0.05, 0.1) is 97.8 Å². The van der Waals surface area contributed by atoms with Crippen molar-refractivity contribution in [1.82, 2.24) is 15.8 Å². The molecule has 90 heavy (non-hydrogen) atoms. The van der Waals surface area contributed by atoms with Crippen LogP contribution in [0, 0.1) is 48.0 Å². The van der Waals surface area contributed by atoms with Crippen LogP contribution in [0.3, 0.4) is 0 Å². The zero-order chi connectivity index (χ0) is 65.3. The minimum absolute atomic E-state index is 0.0184. The number of benzene rings is 1. The van der Waals surface area contributed by atoms with Gasteiger partial charge in [-0.05, 0) is 99.5 Å². The maximum absolute atomic E-state index is 14.5. The maximum atomic E-state index is 14.5. The summed E-state index contributed by atoms with van der Waals surface area (Å²) in [4.78, 5) is 53.5. The van der Waals surface area contributed by atoms with Gasteiger partial charge in [-0.2, -0.15) is 5.48 Å². The lowest BCUT2D eigenvalue weighted by Crippen LogP contribution is -2.65. The predicted octanol–water partition coefficient (Wildman–Crippen LogP) is 4.24. The van der Waals surface area contributed by atoms with Crippen LogP contribution in [0.25, 0.3) is 0 Å². The third-order valence-corrected chi connectivity index (χ3v) is 21.5. The van der Waals surface area contributed by atoms with E-state index in [2.05, 4.69) is 39.5 Å². The summed E-state index contributed by atoms with van der Waals surface area (Å²) >= 11 is 2.83. The number of aromatic nitrogens is 1. The molecule has 4 aliphatic heterocycles. The van der Waals surface area contributed by atoms with Gasteiger partial charge in [0.2, 0.25) is 17.2 Å². The number of hydrogen-bond donors (Lipinski definition) is 7. The van der Waals surface area contributed by atoms with Crippen LogP contribution in [0.1, 0.15) is 80.4 Å². The fourth-order valence-corrected chi connectivity index (χ4v) is 15.6. The smallest absolute Gasteiger partial charge is 0.310 e. The molecule has 1 aromatic heterocycles. The van der Waals surface area contributed by atoms with Gasteiger partial charge < -0.3 is 87.7 Å². The Morgan fingerprint density at radius 3 is 2.23 bits per heavy atom. The van der Waals surface area contributed by atoms with E-state index >= 15 is 0 Å². The van der Waals surface area contributed by atoms with E-state index in [4.69, 9.17) is 61.7 Å². The van der Waals surface area contributed by atoms with Gasteiger partial charge in [0.25, 0.3) is 0 Å². The number of esters is 1. The molecular weight excluding hydrogens is 1350 g/mol. The van der Waals surface area contributed by atoms with Crippen molar-refractivity contribution in [3.05, 3.63) is 73.2 Å². The molecule has 2 aliphatic carbocycles. The molecule has 2 aromatic rings. The molecule has 5 heterocycles. The Balaban J connectivity index is 1.03. The quantitative estimate of drug-likeness (QED) is 0.0204. The van der Waals surface area contributed by atoms with Gasteiger partial charge in [-0.3, -0.25) is 24.2 Å². The molecular formula is C62H80IN3O21S3. The number of hydroxylamine groups is 1. The van der Waals surface area contributed by atoms with E-state index in [1.807, 2.05) is 43.4 Å². The van der Waals surface area contributed by atoms with Gasteiger partial charge in [0, 0.05) is 66.8 Å². The number of fused-ring (bicyclic) bond motifs is 2. The average Bonchev–Trinajstić information content (AvgIpc) is 0.960. The van der Waals surface area contributed by atoms with Crippen LogP contribution in [-0.4, -0.2) is 217 Å². The molecule has 7 N–H and O–H groups in total. The van der Waals surface area contributed by atoms with E-state index in [1.54, 1.807) is 53.3 Å². The highest BCUT2D eigenvalue weighted by Gasteiger charge is 2.52. The van der Waals surface area contributed by atoms with Crippen LogP contribution < -0.4 is 25.0 Å². The highest BCUT2D eigenvalue weighted by atomic mass is 127. The van der Waals surface area contributed by atoms with E-state index in [0.717, 1.165) is 27.8 Å². The number of methoxy groups -OCH3 is 5. The van der Waals surface area contributed by atoms with Crippen molar-refractivity contribution in [1.29, 1.82) is 0 Å². The van der Waals surface area contributed by atoms with E-state index in [0.29, 0.717) is 15.7 Å². The summed E-state index contributed by atoms with van der Waals surface area (Å²) in [5.74, 6) is 10.9. The van der Waals surface area contributed by atoms with Crippen molar-refractivity contribution in [2.24, 2.45) is 0 Å². The molecule has 28 heteroatoms. The first-order valence-electron chi connectivity index (χ1n) is 29.3. The third kappa shape index (κ3) is 16.2. The molecule has 6 aliphatic rings. The summed E-state index contributed by atoms with van der Waals surface area (Å²) in [6.07, 6.45) is -9.67. The second-order valence-corrected chi connectivity index (χ2v) is 26.8.